The van der Waals surface area contributed by atoms with Crippen molar-refractivity contribution >= 4 is 5.91 Å². The number of hydrogen-bond donors (Lipinski definition) is 1. The van der Waals surface area contributed by atoms with E-state index < -0.39 is 11.4 Å². The number of halogens is 1. The summed E-state index contributed by atoms with van der Waals surface area (Å²) in [4.78, 5) is 19.3. The van der Waals surface area contributed by atoms with Gasteiger partial charge < -0.3 is 14.7 Å². The van der Waals surface area contributed by atoms with Crippen LogP contribution >= 0.6 is 0 Å². The Morgan fingerprint density at radius 3 is 2.56 bits per heavy atom. The molecule has 3 heterocycles. The third-order valence-corrected chi connectivity index (χ3v) is 6.36. The molecule has 2 aromatic heterocycles. The number of fused-ring (bicyclic) bond motifs is 1. The molecule has 4 aromatic rings. The van der Waals surface area contributed by atoms with Gasteiger partial charge in [-0.2, -0.15) is 5.10 Å². The number of benzene rings is 2. The standard InChI is InChI=1S/C28H27FN4O3/c1-17-22(16-32(4)31-17)19-7-5-18(6-8-19)14-33-15-20-11-12-30-26(25(20)27(33)34)36-24-13-21(28(2,3)35)9-10-23(24)29/h5-13,16,35H,14-15H2,1-4H3. The molecule has 8 heteroatoms. The average Bonchev–Trinajstić information content (AvgIpc) is 3.33. The Hall–Kier alpha value is -4.04. The Kier molecular flexibility index (Phi) is 5.84. The van der Waals surface area contributed by atoms with Gasteiger partial charge in [-0.05, 0) is 61.2 Å². The molecule has 1 amide bonds. The molecule has 5 rings (SSSR count). The van der Waals surface area contributed by atoms with E-state index in [-0.39, 0.29) is 17.5 Å². The number of aryl methyl sites for hydroxylation is 2. The van der Waals surface area contributed by atoms with Crippen LogP contribution in [0.3, 0.4) is 0 Å². The number of aromatic nitrogens is 3. The maximum atomic E-state index is 14.5. The van der Waals surface area contributed by atoms with E-state index in [0.717, 1.165) is 27.9 Å². The van der Waals surface area contributed by atoms with Gasteiger partial charge in [0.15, 0.2) is 11.6 Å². The summed E-state index contributed by atoms with van der Waals surface area (Å²) < 4.78 is 22.1. The lowest BCUT2D eigenvalue weighted by atomic mass is 9.98. The van der Waals surface area contributed by atoms with Crippen molar-refractivity contribution in [3.8, 4) is 22.8 Å². The maximum Gasteiger partial charge on any atom is 0.260 e. The first kappa shape index (κ1) is 23.7. The molecule has 184 valence electrons. The highest BCUT2D eigenvalue weighted by molar-refractivity contribution is 6.00. The lowest BCUT2D eigenvalue weighted by Gasteiger charge is -2.19. The fourth-order valence-corrected chi connectivity index (χ4v) is 4.44. The Bertz CT molecular complexity index is 1450. The van der Waals surface area contributed by atoms with E-state index in [1.165, 1.54) is 18.2 Å². The lowest BCUT2D eigenvalue weighted by Crippen LogP contribution is -2.23. The molecular weight excluding hydrogens is 459 g/mol. The molecule has 0 bridgehead atoms. The Balaban J connectivity index is 1.36. The molecule has 36 heavy (non-hydrogen) atoms. The summed E-state index contributed by atoms with van der Waals surface area (Å²) >= 11 is 0. The third-order valence-electron chi connectivity index (χ3n) is 6.36. The van der Waals surface area contributed by atoms with E-state index in [2.05, 4.69) is 10.1 Å². The molecule has 0 saturated carbocycles. The summed E-state index contributed by atoms with van der Waals surface area (Å²) in [6.07, 6.45) is 3.53. The smallest absolute Gasteiger partial charge is 0.260 e. The zero-order valence-corrected chi connectivity index (χ0v) is 20.6. The second-order valence-corrected chi connectivity index (χ2v) is 9.62. The van der Waals surface area contributed by atoms with Gasteiger partial charge in [0.05, 0.1) is 11.3 Å². The normalized spacial score (nSPS) is 13.3. The fourth-order valence-electron chi connectivity index (χ4n) is 4.44. The molecule has 0 atom stereocenters. The Labute approximate surface area is 208 Å². The highest BCUT2D eigenvalue weighted by Crippen LogP contribution is 2.35. The largest absolute Gasteiger partial charge is 0.435 e. The Morgan fingerprint density at radius 2 is 1.89 bits per heavy atom. The topological polar surface area (TPSA) is 80.5 Å². The summed E-state index contributed by atoms with van der Waals surface area (Å²) in [5.74, 6) is -0.870. The number of carbonyl (C=O) groups excluding carboxylic acids is 1. The van der Waals surface area contributed by atoms with Gasteiger partial charge in [0.25, 0.3) is 5.91 Å². The molecule has 0 fully saturated rings. The Morgan fingerprint density at radius 1 is 1.14 bits per heavy atom. The second kappa shape index (κ2) is 8.87. The lowest BCUT2D eigenvalue weighted by molar-refractivity contribution is 0.0760. The maximum absolute atomic E-state index is 14.5. The zero-order chi connectivity index (χ0) is 25.6. The van der Waals surface area contributed by atoms with Gasteiger partial charge in [-0.25, -0.2) is 9.37 Å². The molecule has 0 spiro atoms. The molecular formula is C28H27FN4O3. The van der Waals surface area contributed by atoms with Crippen molar-refractivity contribution in [3.05, 3.63) is 94.7 Å². The molecule has 1 aliphatic heterocycles. The van der Waals surface area contributed by atoms with Gasteiger partial charge in [0, 0.05) is 38.1 Å². The van der Waals surface area contributed by atoms with Crippen molar-refractivity contribution in [3.63, 3.8) is 0 Å². The number of hydrogen-bond acceptors (Lipinski definition) is 5. The van der Waals surface area contributed by atoms with Crippen molar-refractivity contribution in [1.82, 2.24) is 19.7 Å². The minimum absolute atomic E-state index is 0.0502. The number of aliphatic hydroxyl groups is 1. The molecule has 1 aliphatic rings. The first-order valence-electron chi connectivity index (χ1n) is 11.7. The molecule has 0 aliphatic carbocycles. The van der Waals surface area contributed by atoms with Crippen LogP contribution in [-0.2, 0) is 25.7 Å². The number of carbonyl (C=O) groups is 1. The molecule has 0 unspecified atom stereocenters. The third kappa shape index (κ3) is 4.47. The van der Waals surface area contributed by atoms with Crippen molar-refractivity contribution in [2.75, 3.05) is 0 Å². The van der Waals surface area contributed by atoms with Crippen LogP contribution in [0.25, 0.3) is 11.1 Å². The molecule has 0 radical (unpaired) electrons. The zero-order valence-electron chi connectivity index (χ0n) is 20.6. The first-order valence-corrected chi connectivity index (χ1v) is 11.7. The number of rotatable bonds is 6. The number of nitrogens with zero attached hydrogens (tertiary/aromatic N) is 4. The van der Waals surface area contributed by atoms with Crippen LogP contribution in [0.2, 0.25) is 0 Å². The predicted octanol–water partition coefficient (Wildman–Crippen LogP) is 5.11. The minimum Gasteiger partial charge on any atom is -0.435 e. The highest BCUT2D eigenvalue weighted by atomic mass is 19.1. The van der Waals surface area contributed by atoms with Crippen LogP contribution in [0.1, 0.15) is 46.6 Å². The predicted molar refractivity (Wildman–Crippen MR) is 133 cm³/mol. The van der Waals surface area contributed by atoms with E-state index in [1.807, 2.05) is 44.4 Å². The van der Waals surface area contributed by atoms with E-state index in [1.54, 1.807) is 35.7 Å². The minimum atomic E-state index is -1.17. The van der Waals surface area contributed by atoms with Gasteiger partial charge in [-0.15, -0.1) is 0 Å². The SMILES string of the molecule is Cc1nn(C)cc1-c1ccc(CN2Cc3ccnc(Oc4cc(C(C)(C)O)ccc4F)c3C2=O)cc1. The summed E-state index contributed by atoms with van der Waals surface area (Å²) in [5, 5.41) is 14.7. The number of pyridine rings is 1. The fraction of sp³-hybridized carbons (Fsp3) is 0.250. The molecule has 7 nitrogen and oxygen atoms in total. The van der Waals surface area contributed by atoms with Gasteiger partial charge in [-0.1, -0.05) is 30.3 Å². The van der Waals surface area contributed by atoms with Gasteiger partial charge in [-0.3, -0.25) is 9.48 Å². The van der Waals surface area contributed by atoms with E-state index in [4.69, 9.17) is 4.74 Å². The van der Waals surface area contributed by atoms with Gasteiger partial charge in [0.2, 0.25) is 5.88 Å². The van der Waals surface area contributed by atoms with Crippen molar-refractivity contribution in [2.24, 2.45) is 7.05 Å². The quantitative estimate of drug-likeness (QED) is 0.410. The van der Waals surface area contributed by atoms with Crippen LogP contribution in [0.4, 0.5) is 4.39 Å². The highest BCUT2D eigenvalue weighted by Gasteiger charge is 2.32. The van der Waals surface area contributed by atoms with Gasteiger partial charge >= 0.3 is 0 Å². The van der Waals surface area contributed by atoms with E-state index in [9.17, 15) is 14.3 Å². The molecule has 0 saturated heterocycles. The summed E-state index contributed by atoms with van der Waals surface area (Å²) in [7, 11) is 1.90. The number of ether oxygens (including phenoxy) is 1. The van der Waals surface area contributed by atoms with Crippen molar-refractivity contribution < 1.29 is 19.0 Å². The van der Waals surface area contributed by atoms with Crippen LogP contribution in [0.5, 0.6) is 11.6 Å². The molecule has 2 aromatic carbocycles. The van der Waals surface area contributed by atoms with Crippen molar-refractivity contribution in [2.45, 2.75) is 39.5 Å². The van der Waals surface area contributed by atoms with Crippen LogP contribution in [-0.4, -0.2) is 30.7 Å². The molecule has 1 N–H and O–H groups in total. The van der Waals surface area contributed by atoms with Gasteiger partial charge in [0.1, 0.15) is 5.56 Å². The summed E-state index contributed by atoms with van der Waals surface area (Å²) in [6, 6.07) is 14.0. The average molecular weight is 487 g/mol. The van der Waals surface area contributed by atoms with Crippen LogP contribution < -0.4 is 4.74 Å². The first-order chi connectivity index (χ1) is 17.1. The van der Waals surface area contributed by atoms with Crippen molar-refractivity contribution in [1.29, 1.82) is 0 Å². The summed E-state index contributed by atoms with van der Waals surface area (Å²) in [5.41, 5.74) is 4.50. The monoisotopic (exact) mass is 486 g/mol. The second-order valence-electron chi connectivity index (χ2n) is 9.62. The van der Waals surface area contributed by atoms with E-state index >= 15 is 0 Å². The number of amides is 1. The van der Waals surface area contributed by atoms with Crippen LogP contribution in [0, 0.1) is 12.7 Å². The summed E-state index contributed by atoms with van der Waals surface area (Å²) in [6.45, 7) is 6.01. The van der Waals surface area contributed by atoms with Crippen LogP contribution in [0.15, 0.2) is 60.9 Å². The van der Waals surface area contributed by atoms with E-state index in [0.29, 0.717) is 24.2 Å².